The van der Waals surface area contributed by atoms with E-state index in [1.807, 2.05) is 13.8 Å². The fourth-order valence-electron chi connectivity index (χ4n) is 1.75. The van der Waals surface area contributed by atoms with E-state index in [1.54, 1.807) is 30.3 Å². The summed E-state index contributed by atoms with van der Waals surface area (Å²) in [6.07, 6.45) is 0. The predicted octanol–water partition coefficient (Wildman–Crippen LogP) is 4.44. The van der Waals surface area contributed by atoms with Crippen LogP contribution in [0.25, 0.3) is 0 Å². The summed E-state index contributed by atoms with van der Waals surface area (Å²) in [7, 11) is 0. The van der Waals surface area contributed by atoms with E-state index in [4.69, 9.17) is 28.9 Å². The number of carbonyl (C=O) groups excluding carboxylic acids is 1. The van der Waals surface area contributed by atoms with Gasteiger partial charge >= 0.3 is 0 Å². The number of carbonyl (C=O) groups is 1. The molecule has 2 aromatic carbocycles. The first kappa shape index (κ1) is 14.7. The number of hydrogen-bond acceptors (Lipinski definition) is 2. The van der Waals surface area contributed by atoms with Gasteiger partial charge in [-0.1, -0.05) is 23.2 Å². The van der Waals surface area contributed by atoms with Crippen LogP contribution < -0.4 is 11.1 Å². The lowest BCUT2D eigenvalue weighted by atomic mass is 10.1. The number of rotatable bonds is 2. The maximum Gasteiger partial charge on any atom is 0.255 e. The van der Waals surface area contributed by atoms with Gasteiger partial charge in [-0.2, -0.15) is 0 Å². The normalized spacial score (nSPS) is 10.4. The van der Waals surface area contributed by atoms with Gasteiger partial charge in [-0.25, -0.2) is 0 Å². The molecule has 0 atom stereocenters. The maximum atomic E-state index is 12.2. The fraction of sp³-hybridized carbons (Fsp3) is 0.133. The zero-order valence-corrected chi connectivity index (χ0v) is 12.6. The van der Waals surface area contributed by atoms with Crippen LogP contribution >= 0.6 is 23.2 Å². The molecular weight excluding hydrogens is 295 g/mol. The second-order valence-corrected chi connectivity index (χ2v) is 5.42. The van der Waals surface area contributed by atoms with Crippen LogP contribution in [0.15, 0.2) is 30.3 Å². The Kier molecular flexibility index (Phi) is 4.21. The van der Waals surface area contributed by atoms with Gasteiger partial charge in [-0.3, -0.25) is 4.79 Å². The summed E-state index contributed by atoms with van der Waals surface area (Å²) in [5, 5.41) is 3.75. The minimum absolute atomic E-state index is 0.255. The SMILES string of the molecule is Cc1cc(C(=O)Nc2cc(Cl)c(C)cc2Cl)ccc1N. The van der Waals surface area contributed by atoms with E-state index < -0.39 is 0 Å². The van der Waals surface area contributed by atoms with Crippen LogP contribution in [0.1, 0.15) is 21.5 Å². The zero-order valence-electron chi connectivity index (χ0n) is 11.1. The van der Waals surface area contributed by atoms with Gasteiger partial charge in [0, 0.05) is 16.3 Å². The predicted molar refractivity (Wildman–Crippen MR) is 84.7 cm³/mol. The number of benzene rings is 2. The molecule has 0 aromatic heterocycles. The number of hydrogen-bond donors (Lipinski definition) is 2. The maximum absolute atomic E-state index is 12.2. The fourth-order valence-corrected chi connectivity index (χ4v) is 2.18. The number of anilines is 2. The largest absolute Gasteiger partial charge is 0.399 e. The minimum Gasteiger partial charge on any atom is -0.399 e. The van der Waals surface area contributed by atoms with E-state index in [1.165, 1.54) is 0 Å². The Morgan fingerprint density at radius 3 is 2.40 bits per heavy atom. The highest BCUT2D eigenvalue weighted by molar-refractivity contribution is 6.36. The molecule has 0 fully saturated rings. The minimum atomic E-state index is -0.255. The lowest BCUT2D eigenvalue weighted by Crippen LogP contribution is -2.12. The Hall–Kier alpha value is -1.71. The summed E-state index contributed by atoms with van der Waals surface area (Å²) < 4.78 is 0. The molecule has 3 N–H and O–H groups in total. The third-order valence-electron chi connectivity index (χ3n) is 3.03. The average Bonchev–Trinajstić information content (AvgIpc) is 2.39. The third kappa shape index (κ3) is 3.06. The number of amides is 1. The monoisotopic (exact) mass is 308 g/mol. The van der Waals surface area contributed by atoms with E-state index in [9.17, 15) is 4.79 Å². The number of aryl methyl sites for hydroxylation is 2. The van der Waals surface area contributed by atoms with Crippen LogP contribution in [0.5, 0.6) is 0 Å². The van der Waals surface area contributed by atoms with Crippen molar-refractivity contribution in [3.8, 4) is 0 Å². The number of nitrogen functional groups attached to an aromatic ring is 1. The van der Waals surface area contributed by atoms with Crippen LogP contribution in [-0.2, 0) is 0 Å². The first-order valence-corrected chi connectivity index (χ1v) is 6.77. The number of halogens is 2. The Morgan fingerprint density at radius 1 is 1.05 bits per heavy atom. The van der Waals surface area contributed by atoms with Crippen LogP contribution in [0.2, 0.25) is 10.0 Å². The molecule has 5 heteroatoms. The lowest BCUT2D eigenvalue weighted by Gasteiger charge is -2.10. The van der Waals surface area contributed by atoms with E-state index in [-0.39, 0.29) is 5.91 Å². The molecule has 0 aliphatic heterocycles. The molecule has 0 aliphatic rings. The van der Waals surface area contributed by atoms with E-state index in [0.29, 0.717) is 27.0 Å². The molecule has 0 unspecified atom stereocenters. The van der Waals surface area contributed by atoms with Crippen molar-refractivity contribution in [3.63, 3.8) is 0 Å². The molecule has 0 spiro atoms. The molecule has 0 radical (unpaired) electrons. The van der Waals surface area contributed by atoms with Crippen LogP contribution in [0.4, 0.5) is 11.4 Å². The molecule has 2 rings (SSSR count). The summed E-state index contributed by atoms with van der Waals surface area (Å²) >= 11 is 12.1. The van der Waals surface area contributed by atoms with Crippen molar-refractivity contribution >= 4 is 40.5 Å². The van der Waals surface area contributed by atoms with Gasteiger partial charge in [0.1, 0.15) is 0 Å². The average molecular weight is 309 g/mol. The molecule has 104 valence electrons. The van der Waals surface area contributed by atoms with Crippen molar-refractivity contribution in [1.29, 1.82) is 0 Å². The molecule has 2 aromatic rings. The second kappa shape index (κ2) is 5.73. The number of nitrogens with two attached hydrogens (primary N) is 1. The van der Waals surface area contributed by atoms with E-state index >= 15 is 0 Å². The Labute approximate surface area is 127 Å². The highest BCUT2D eigenvalue weighted by Crippen LogP contribution is 2.29. The van der Waals surface area contributed by atoms with Crippen LogP contribution in [0, 0.1) is 13.8 Å². The molecule has 0 saturated carbocycles. The molecule has 0 heterocycles. The zero-order chi connectivity index (χ0) is 14.9. The topological polar surface area (TPSA) is 55.1 Å². The van der Waals surface area contributed by atoms with Gasteiger partial charge in [-0.05, 0) is 55.3 Å². The van der Waals surface area contributed by atoms with Gasteiger partial charge in [0.15, 0.2) is 0 Å². The van der Waals surface area contributed by atoms with E-state index in [0.717, 1.165) is 11.1 Å². The Morgan fingerprint density at radius 2 is 1.75 bits per heavy atom. The lowest BCUT2D eigenvalue weighted by molar-refractivity contribution is 0.102. The standard InChI is InChI=1S/C15H14Cl2N2O/c1-8-6-12(17)14(7-11(8)16)19-15(20)10-3-4-13(18)9(2)5-10/h3-7H,18H2,1-2H3,(H,19,20). The summed E-state index contributed by atoms with van der Waals surface area (Å²) in [5.74, 6) is -0.255. The summed E-state index contributed by atoms with van der Waals surface area (Å²) in [5.41, 5.74) is 9.10. The first-order valence-electron chi connectivity index (χ1n) is 6.01. The van der Waals surface area contributed by atoms with Crippen molar-refractivity contribution in [2.24, 2.45) is 0 Å². The molecule has 1 amide bonds. The smallest absolute Gasteiger partial charge is 0.255 e. The van der Waals surface area contributed by atoms with Gasteiger partial charge in [-0.15, -0.1) is 0 Å². The summed E-state index contributed by atoms with van der Waals surface area (Å²) in [4.78, 5) is 12.2. The molecular formula is C15H14Cl2N2O. The van der Waals surface area contributed by atoms with Gasteiger partial charge in [0.25, 0.3) is 5.91 Å². The summed E-state index contributed by atoms with van der Waals surface area (Å²) in [6.45, 7) is 3.70. The Bertz CT molecular complexity index is 684. The van der Waals surface area contributed by atoms with Crippen molar-refractivity contribution in [1.82, 2.24) is 0 Å². The molecule has 3 nitrogen and oxygen atoms in total. The molecule has 20 heavy (non-hydrogen) atoms. The van der Waals surface area contributed by atoms with E-state index in [2.05, 4.69) is 5.32 Å². The van der Waals surface area contributed by atoms with Crippen LogP contribution in [0.3, 0.4) is 0 Å². The molecule has 0 aliphatic carbocycles. The van der Waals surface area contributed by atoms with Gasteiger partial charge < -0.3 is 11.1 Å². The van der Waals surface area contributed by atoms with Crippen molar-refractivity contribution < 1.29 is 4.79 Å². The van der Waals surface area contributed by atoms with Crippen molar-refractivity contribution in [2.45, 2.75) is 13.8 Å². The van der Waals surface area contributed by atoms with Gasteiger partial charge in [0.05, 0.1) is 10.7 Å². The molecule has 0 bridgehead atoms. The number of nitrogens with one attached hydrogen (secondary N) is 1. The first-order chi connectivity index (χ1) is 9.38. The third-order valence-corrected chi connectivity index (χ3v) is 3.75. The second-order valence-electron chi connectivity index (χ2n) is 4.61. The van der Waals surface area contributed by atoms with Gasteiger partial charge in [0.2, 0.25) is 0 Å². The Balaban J connectivity index is 2.27. The van der Waals surface area contributed by atoms with Crippen molar-refractivity contribution in [2.75, 3.05) is 11.1 Å². The highest BCUT2D eigenvalue weighted by atomic mass is 35.5. The van der Waals surface area contributed by atoms with Crippen LogP contribution in [-0.4, -0.2) is 5.91 Å². The quantitative estimate of drug-likeness (QED) is 0.806. The molecule has 0 saturated heterocycles. The summed E-state index contributed by atoms with van der Waals surface area (Å²) in [6, 6.07) is 8.46. The highest BCUT2D eigenvalue weighted by Gasteiger charge is 2.11. The van der Waals surface area contributed by atoms with Crippen molar-refractivity contribution in [3.05, 3.63) is 57.1 Å².